The van der Waals surface area contributed by atoms with Gasteiger partial charge < -0.3 is 10.2 Å². The summed E-state index contributed by atoms with van der Waals surface area (Å²) in [5, 5.41) is 2.95. The van der Waals surface area contributed by atoms with Gasteiger partial charge in [-0.05, 0) is 91.0 Å². The van der Waals surface area contributed by atoms with Crippen molar-refractivity contribution >= 4 is 34.9 Å². The molecule has 3 rings (SSSR count). The number of carbonyl (C=O) groups excluding carboxylic acids is 1. The number of rotatable bonds is 7. The van der Waals surface area contributed by atoms with E-state index >= 15 is 0 Å². The highest BCUT2D eigenvalue weighted by Crippen LogP contribution is 2.43. The number of nitrogens with one attached hydrogen (secondary N) is 1. The molecule has 2 aromatic rings. The minimum Gasteiger partial charge on any atom is -0.355 e. The van der Waals surface area contributed by atoms with Gasteiger partial charge in [-0.3, -0.25) is 4.79 Å². The summed E-state index contributed by atoms with van der Waals surface area (Å²) in [6.07, 6.45) is 4.42. The summed E-state index contributed by atoms with van der Waals surface area (Å²) in [5.74, 6) is -0.324. The van der Waals surface area contributed by atoms with Gasteiger partial charge in [0.1, 0.15) is 5.82 Å². The highest BCUT2D eigenvalue weighted by atomic mass is 32.2. The maximum Gasteiger partial charge on any atom is 0.224 e. The van der Waals surface area contributed by atoms with Gasteiger partial charge in [0.15, 0.2) is 0 Å². The second kappa shape index (κ2) is 9.42. The largest absolute Gasteiger partial charge is 0.355 e. The van der Waals surface area contributed by atoms with Crippen LogP contribution in [0.25, 0.3) is 17.2 Å². The van der Waals surface area contributed by atoms with Gasteiger partial charge in [0.05, 0.1) is 6.42 Å². The van der Waals surface area contributed by atoms with Gasteiger partial charge in [-0.15, -0.1) is 11.8 Å². The molecule has 0 fully saturated rings. The van der Waals surface area contributed by atoms with Crippen molar-refractivity contribution in [3.8, 4) is 0 Å². The molecule has 0 bridgehead atoms. The van der Waals surface area contributed by atoms with Crippen molar-refractivity contribution in [1.82, 2.24) is 10.2 Å². The second-order valence-corrected chi connectivity index (χ2v) is 8.33. The van der Waals surface area contributed by atoms with Crippen molar-refractivity contribution in [3.05, 3.63) is 70.5 Å². The van der Waals surface area contributed by atoms with Gasteiger partial charge in [-0.2, -0.15) is 0 Å². The van der Waals surface area contributed by atoms with Crippen LogP contribution in [0.4, 0.5) is 4.39 Å². The Bertz CT molecular complexity index is 961. The average molecular weight is 411 g/mol. The smallest absolute Gasteiger partial charge is 0.224 e. The van der Waals surface area contributed by atoms with Crippen LogP contribution in [0, 0.1) is 5.82 Å². The number of amides is 1. The molecule has 5 heteroatoms. The van der Waals surface area contributed by atoms with Crippen molar-refractivity contribution in [3.63, 3.8) is 0 Å². The van der Waals surface area contributed by atoms with Gasteiger partial charge in [0, 0.05) is 18.0 Å². The first-order valence-corrected chi connectivity index (χ1v) is 10.9. The number of fused-ring (bicyclic) bond motifs is 1. The molecule has 29 heavy (non-hydrogen) atoms. The Balaban J connectivity index is 1.91. The lowest BCUT2D eigenvalue weighted by molar-refractivity contribution is -0.120. The lowest BCUT2D eigenvalue weighted by Gasteiger charge is -2.11. The van der Waals surface area contributed by atoms with Gasteiger partial charge in [0.2, 0.25) is 5.91 Å². The predicted octanol–water partition coefficient (Wildman–Crippen LogP) is 4.94. The molecule has 1 aliphatic carbocycles. The van der Waals surface area contributed by atoms with E-state index in [0.29, 0.717) is 6.54 Å². The van der Waals surface area contributed by atoms with Crippen LogP contribution in [-0.4, -0.2) is 44.2 Å². The number of nitrogens with zero attached hydrogens (tertiary/aromatic N) is 1. The van der Waals surface area contributed by atoms with Crippen LogP contribution in [0.1, 0.15) is 30.0 Å². The quantitative estimate of drug-likeness (QED) is 0.656. The number of benzene rings is 2. The summed E-state index contributed by atoms with van der Waals surface area (Å²) < 4.78 is 14.0. The Morgan fingerprint density at radius 3 is 2.52 bits per heavy atom. The van der Waals surface area contributed by atoms with E-state index in [1.54, 1.807) is 17.8 Å². The summed E-state index contributed by atoms with van der Waals surface area (Å²) in [6.45, 7) is 3.40. The molecule has 0 aliphatic heterocycles. The third-order valence-corrected chi connectivity index (χ3v) is 5.84. The molecular formula is C24H27FN2OS. The molecule has 0 atom stereocenters. The Hall–Kier alpha value is -2.37. The molecule has 1 amide bonds. The number of allylic oxidation sites excluding steroid dienone is 2. The van der Waals surface area contributed by atoms with E-state index in [4.69, 9.17) is 0 Å². The van der Waals surface area contributed by atoms with E-state index < -0.39 is 0 Å². The van der Waals surface area contributed by atoms with Crippen LogP contribution < -0.4 is 5.32 Å². The van der Waals surface area contributed by atoms with Crippen molar-refractivity contribution in [1.29, 1.82) is 0 Å². The highest BCUT2D eigenvalue weighted by Gasteiger charge is 2.25. The third kappa shape index (κ3) is 5.17. The van der Waals surface area contributed by atoms with E-state index in [2.05, 4.69) is 41.9 Å². The van der Waals surface area contributed by atoms with Crippen LogP contribution in [0.5, 0.6) is 0 Å². The molecule has 1 aliphatic rings. The van der Waals surface area contributed by atoms with Crippen LogP contribution >= 0.6 is 11.8 Å². The maximum atomic E-state index is 14.0. The molecule has 2 aromatic carbocycles. The SMILES string of the molecule is CSc1ccc(/C=C2/C(C)=C(CC(=O)NCCN(C)C)c3cc(F)ccc32)cc1. The fraction of sp³-hybridized carbons (Fsp3) is 0.292. The zero-order valence-corrected chi connectivity index (χ0v) is 18.2. The molecule has 0 saturated carbocycles. The van der Waals surface area contributed by atoms with E-state index in [0.717, 1.165) is 40.0 Å². The van der Waals surface area contributed by atoms with E-state index in [1.165, 1.54) is 11.0 Å². The van der Waals surface area contributed by atoms with Crippen LogP contribution in [0.2, 0.25) is 0 Å². The number of thioether (sulfide) groups is 1. The molecule has 152 valence electrons. The first-order valence-electron chi connectivity index (χ1n) is 9.66. The number of hydrogen-bond donors (Lipinski definition) is 1. The van der Waals surface area contributed by atoms with Crippen molar-refractivity contribution in [2.75, 3.05) is 33.4 Å². The first kappa shape index (κ1) is 21.3. The molecule has 3 nitrogen and oxygen atoms in total. The van der Waals surface area contributed by atoms with E-state index in [9.17, 15) is 9.18 Å². The monoisotopic (exact) mass is 410 g/mol. The topological polar surface area (TPSA) is 32.3 Å². The van der Waals surface area contributed by atoms with Gasteiger partial charge in [-0.1, -0.05) is 18.2 Å². The summed E-state index contributed by atoms with van der Waals surface area (Å²) >= 11 is 1.71. The minimum atomic E-state index is -0.285. The third-order valence-electron chi connectivity index (χ3n) is 5.10. The van der Waals surface area contributed by atoms with Gasteiger partial charge in [-0.25, -0.2) is 4.39 Å². The maximum absolute atomic E-state index is 14.0. The summed E-state index contributed by atoms with van der Waals surface area (Å²) in [5.41, 5.74) is 5.86. The summed E-state index contributed by atoms with van der Waals surface area (Å²) in [7, 11) is 3.94. The molecule has 1 N–H and O–H groups in total. The van der Waals surface area contributed by atoms with Crippen LogP contribution in [0.15, 0.2) is 52.9 Å². The number of carbonyl (C=O) groups is 1. The van der Waals surface area contributed by atoms with Crippen LogP contribution in [-0.2, 0) is 4.79 Å². The van der Waals surface area contributed by atoms with Crippen molar-refractivity contribution in [2.45, 2.75) is 18.2 Å². The summed E-state index contributed by atoms with van der Waals surface area (Å²) in [4.78, 5) is 15.7. The fourth-order valence-corrected chi connectivity index (χ4v) is 3.90. The number of likely N-dealkylation sites (N-methyl/N-ethyl adjacent to an activating group) is 1. The zero-order valence-electron chi connectivity index (χ0n) is 17.4. The molecule has 0 radical (unpaired) electrons. The average Bonchev–Trinajstić information content (AvgIpc) is 2.93. The molecule has 0 aromatic heterocycles. The summed E-state index contributed by atoms with van der Waals surface area (Å²) in [6, 6.07) is 13.2. The Morgan fingerprint density at radius 2 is 1.86 bits per heavy atom. The lowest BCUT2D eigenvalue weighted by atomic mass is 10.0. The number of hydrogen-bond acceptors (Lipinski definition) is 3. The van der Waals surface area contributed by atoms with Gasteiger partial charge in [0.25, 0.3) is 0 Å². The first-order chi connectivity index (χ1) is 13.9. The lowest BCUT2D eigenvalue weighted by Crippen LogP contribution is -2.31. The Kier molecular flexibility index (Phi) is 6.93. The Morgan fingerprint density at radius 1 is 1.14 bits per heavy atom. The minimum absolute atomic E-state index is 0.0398. The standard InChI is InChI=1S/C24H27FN2OS/c1-16-21(13-17-5-8-19(29-4)9-6-17)20-10-7-18(25)14-23(20)22(16)15-24(28)26-11-12-27(2)3/h5-10,13-14H,11-12,15H2,1-4H3,(H,26,28)/b21-13-. The predicted molar refractivity (Wildman–Crippen MR) is 121 cm³/mol. The van der Waals surface area contributed by atoms with Crippen molar-refractivity contribution in [2.24, 2.45) is 0 Å². The van der Waals surface area contributed by atoms with Gasteiger partial charge >= 0.3 is 0 Å². The molecule has 0 unspecified atom stereocenters. The molecule has 0 saturated heterocycles. The van der Waals surface area contributed by atoms with Crippen molar-refractivity contribution < 1.29 is 9.18 Å². The fourth-order valence-electron chi connectivity index (χ4n) is 3.49. The Labute approximate surface area is 176 Å². The van der Waals surface area contributed by atoms with E-state index in [-0.39, 0.29) is 18.1 Å². The molecular weight excluding hydrogens is 383 g/mol. The normalized spacial score (nSPS) is 14.6. The zero-order chi connectivity index (χ0) is 21.0. The molecule has 0 heterocycles. The molecule has 0 spiro atoms. The van der Waals surface area contributed by atoms with E-state index in [1.807, 2.05) is 32.0 Å². The van der Waals surface area contributed by atoms with Crippen LogP contribution in [0.3, 0.4) is 0 Å². The highest BCUT2D eigenvalue weighted by molar-refractivity contribution is 7.98. The number of halogens is 1. The second-order valence-electron chi connectivity index (χ2n) is 7.45.